The van der Waals surface area contributed by atoms with Gasteiger partial charge in [0.2, 0.25) is 0 Å². The number of aryl methyl sites for hydroxylation is 1. The molecule has 0 aliphatic carbocycles. The third-order valence-electron chi connectivity index (χ3n) is 2.78. The molecule has 0 atom stereocenters. The first kappa shape index (κ1) is 10.0. The standard InChI is InChI=1S/C12H15NO2/c1-9-6-10(12(14)15)8-11(7-9)13-4-2-3-5-13/h6-8H,2-5H2,1H3,(H,14,15). The Morgan fingerprint density at radius 1 is 1.27 bits per heavy atom. The third kappa shape index (κ3) is 2.12. The number of benzene rings is 1. The van der Waals surface area contributed by atoms with Gasteiger partial charge < -0.3 is 10.0 Å². The number of anilines is 1. The van der Waals surface area contributed by atoms with Gasteiger partial charge in [-0.25, -0.2) is 4.79 Å². The number of carboxylic acids is 1. The molecule has 1 fully saturated rings. The molecule has 1 aromatic carbocycles. The molecule has 0 unspecified atom stereocenters. The van der Waals surface area contributed by atoms with E-state index in [-0.39, 0.29) is 0 Å². The summed E-state index contributed by atoms with van der Waals surface area (Å²) in [7, 11) is 0. The van der Waals surface area contributed by atoms with Crippen LogP contribution in [0, 0.1) is 6.92 Å². The number of nitrogens with zero attached hydrogens (tertiary/aromatic N) is 1. The second-order valence-corrected chi connectivity index (χ2v) is 4.06. The van der Waals surface area contributed by atoms with Crippen LogP contribution in [0.3, 0.4) is 0 Å². The monoisotopic (exact) mass is 205 g/mol. The Hall–Kier alpha value is -1.51. The summed E-state index contributed by atoms with van der Waals surface area (Å²) in [5.41, 5.74) is 2.44. The van der Waals surface area contributed by atoms with E-state index < -0.39 is 5.97 Å². The van der Waals surface area contributed by atoms with Gasteiger partial charge in [0.15, 0.2) is 0 Å². The molecule has 0 bridgehead atoms. The normalized spacial score (nSPS) is 15.7. The Kier molecular flexibility index (Phi) is 2.62. The quantitative estimate of drug-likeness (QED) is 0.805. The minimum absolute atomic E-state index is 0.386. The molecule has 0 radical (unpaired) electrons. The molecule has 3 nitrogen and oxygen atoms in total. The topological polar surface area (TPSA) is 40.5 Å². The molecule has 1 N–H and O–H groups in total. The summed E-state index contributed by atoms with van der Waals surface area (Å²) >= 11 is 0. The molecule has 0 saturated carbocycles. The molecular formula is C12H15NO2. The van der Waals surface area contributed by atoms with Crippen LogP contribution in [-0.4, -0.2) is 24.2 Å². The number of carboxylic acid groups (broad SMARTS) is 1. The lowest BCUT2D eigenvalue weighted by Gasteiger charge is -2.18. The summed E-state index contributed by atoms with van der Waals surface area (Å²) in [5.74, 6) is -0.848. The SMILES string of the molecule is Cc1cc(C(=O)O)cc(N2CCCC2)c1. The highest BCUT2D eigenvalue weighted by Gasteiger charge is 2.14. The van der Waals surface area contributed by atoms with Crippen molar-refractivity contribution in [3.05, 3.63) is 29.3 Å². The molecule has 1 saturated heterocycles. The van der Waals surface area contributed by atoms with E-state index in [1.807, 2.05) is 6.92 Å². The van der Waals surface area contributed by atoms with E-state index >= 15 is 0 Å². The van der Waals surface area contributed by atoms with Gasteiger partial charge in [0.1, 0.15) is 0 Å². The predicted molar refractivity (Wildman–Crippen MR) is 59.6 cm³/mol. The van der Waals surface area contributed by atoms with Gasteiger partial charge in [-0.1, -0.05) is 0 Å². The zero-order valence-electron chi connectivity index (χ0n) is 8.86. The molecule has 1 aliphatic heterocycles. The van der Waals surface area contributed by atoms with Crippen LogP contribution in [-0.2, 0) is 0 Å². The van der Waals surface area contributed by atoms with Crippen molar-refractivity contribution in [2.75, 3.05) is 18.0 Å². The molecule has 2 rings (SSSR count). The highest BCUT2D eigenvalue weighted by molar-refractivity contribution is 5.89. The predicted octanol–water partition coefficient (Wildman–Crippen LogP) is 2.29. The lowest BCUT2D eigenvalue weighted by atomic mass is 10.1. The van der Waals surface area contributed by atoms with E-state index in [0.29, 0.717) is 5.56 Å². The van der Waals surface area contributed by atoms with Crippen LogP contribution < -0.4 is 4.90 Å². The summed E-state index contributed by atoms with van der Waals surface area (Å²) in [4.78, 5) is 13.2. The van der Waals surface area contributed by atoms with Crippen LogP contribution in [0.5, 0.6) is 0 Å². The van der Waals surface area contributed by atoms with Gasteiger partial charge in [0.05, 0.1) is 5.56 Å². The van der Waals surface area contributed by atoms with E-state index in [4.69, 9.17) is 5.11 Å². The number of carbonyl (C=O) groups is 1. The summed E-state index contributed by atoms with van der Waals surface area (Å²) in [5, 5.41) is 8.96. The molecule has 1 heterocycles. The lowest BCUT2D eigenvalue weighted by Crippen LogP contribution is -2.18. The molecule has 1 aromatic rings. The van der Waals surface area contributed by atoms with Crippen molar-refractivity contribution >= 4 is 11.7 Å². The fourth-order valence-corrected chi connectivity index (χ4v) is 2.04. The van der Waals surface area contributed by atoms with Crippen LogP contribution in [0.15, 0.2) is 18.2 Å². The van der Waals surface area contributed by atoms with E-state index in [9.17, 15) is 4.79 Å². The van der Waals surface area contributed by atoms with Crippen LogP contribution in [0.2, 0.25) is 0 Å². The first-order valence-corrected chi connectivity index (χ1v) is 5.27. The third-order valence-corrected chi connectivity index (χ3v) is 2.78. The Morgan fingerprint density at radius 2 is 1.93 bits per heavy atom. The van der Waals surface area contributed by atoms with Crippen molar-refractivity contribution in [1.29, 1.82) is 0 Å². The van der Waals surface area contributed by atoms with Crippen molar-refractivity contribution in [2.45, 2.75) is 19.8 Å². The fourth-order valence-electron chi connectivity index (χ4n) is 2.04. The largest absolute Gasteiger partial charge is 0.478 e. The second-order valence-electron chi connectivity index (χ2n) is 4.06. The van der Waals surface area contributed by atoms with Crippen molar-refractivity contribution in [1.82, 2.24) is 0 Å². The van der Waals surface area contributed by atoms with Crippen molar-refractivity contribution in [2.24, 2.45) is 0 Å². The van der Waals surface area contributed by atoms with Gasteiger partial charge in [0, 0.05) is 18.8 Å². The molecule has 80 valence electrons. The number of hydrogen-bond acceptors (Lipinski definition) is 2. The first-order valence-electron chi connectivity index (χ1n) is 5.27. The maximum Gasteiger partial charge on any atom is 0.335 e. The molecule has 3 heteroatoms. The maximum atomic E-state index is 10.9. The second kappa shape index (κ2) is 3.93. The van der Waals surface area contributed by atoms with Gasteiger partial charge >= 0.3 is 5.97 Å². The van der Waals surface area contributed by atoms with Gasteiger partial charge in [-0.2, -0.15) is 0 Å². The Bertz CT molecular complexity index is 381. The van der Waals surface area contributed by atoms with Crippen LogP contribution in [0.1, 0.15) is 28.8 Å². The highest BCUT2D eigenvalue weighted by Crippen LogP contribution is 2.23. The minimum atomic E-state index is -0.848. The Labute approximate surface area is 89.3 Å². The maximum absolute atomic E-state index is 10.9. The summed E-state index contributed by atoms with van der Waals surface area (Å²) in [6.07, 6.45) is 2.41. The molecule has 15 heavy (non-hydrogen) atoms. The van der Waals surface area contributed by atoms with Crippen LogP contribution >= 0.6 is 0 Å². The van der Waals surface area contributed by atoms with Crippen LogP contribution in [0.4, 0.5) is 5.69 Å². The van der Waals surface area contributed by atoms with Gasteiger partial charge in [-0.3, -0.25) is 0 Å². The van der Waals surface area contributed by atoms with E-state index in [1.165, 1.54) is 12.8 Å². The molecule has 0 aromatic heterocycles. The van der Waals surface area contributed by atoms with Gasteiger partial charge in [-0.15, -0.1) is 0 Å². The van der Waals surface area contributed by atoms with E-state index in [2.05, 4.69) is 11.0 Å². The van der Waals surface area contributed by atoms with Crippen molar-refractivity contribution in [3.8, 4) is 0 Å². The fraction of sp³-hybridized carbons (Fsp3) is 0.417. The number of rotatable bonds is 2. The summed E-state index contributed by atoms with van der Waals surface area (Å²) in [6, 6.07) is 5.53. The van der Waals surface area contributed by atoms with E-state index in [1.54, 1.807) is 12.1 Å². The van der Waals surface area contributed by atoms with E-state index in [0.717, 1.165) is 24.3 Å². The minimum Gasteiger partial charge on any atom is -0.478 e. The number of aromatic carboxylic acids is 1. The lowest BCUT2D eigenvalue weighted by molar-refractivity contribution is 0.0697. The number of hydrogen-bond donors (Lipinski definition) is 1. The molecule has 0 amide bonds. The van der Waals surface area contributed by atoms with Gasteiger partial charge in [-0.05, 0) is 43.5 Å². The first-order chi connectivity index (χ1) is 7.16. The van der Waals surface area contributed by atoms with Crippen molar-refractivity contribution in [3.63, 3.8) is 0 Å². The summed E-state index contributed by atoms with van der Waals surface area (Å²) in [6.45, 7) is 4.02. The zero-order chi connectivity index (χ0) is 10.8. The highest BCUT2D eigenvalue weighted by atomic mass is 16.4. The molecule has 0 spiro atoms. The zero-order valence-corrected chi connectivity index (χ0v) is 8.86. The Morgan fingerprint density at radius 3 is 2.53 bits per heavy atom. The molecular weight excluding hydrogens is 190 g/mol. The molecule has 1 aliphatic rings. The average molecular weight is 205 g/mol. The smallest absolute Gasteiger partial charge is 0.335 e. The van der Waals surface area contributed by atoms with Gasteiger partial charge in [0.25, 0.3) is 0 Å². The average Bonchev–Trinajstić information content (AvgIpc) is 2.69. The van der Waals surface area contributed by atoms with Crippen molar-refractivity contribution < 1.29 is 9.90 Å². The Balaban J connectivity index is 2.34. The summed E-state index contributed by atoms with van der Waals surface area (Å²) < 4.78 is 0. The van der Waals surface area contributed by atoms with Crippen LogP contribution in [0.25, 0.3) is 0 Å².